The molecule has 0 amide bonds. The third-order valence-electron chi connectivity index (χ3n) is 6.19. The van der Waals surface area contributed by atoms with Crippen molar-refractivity contribution in [2.24, 2.45) is 0 Å². The molecule has 4 aromatic rings. The Morgan fingerprint density at radius 1 is 1.19 bits per heavy atom. The number of pyridine rings is 2. The van der Waals surface area contributed by atoms with Crippen LogP contribution in [0, 0.1) is 26.7 Å². The summed E-state index contributed by atoms with van der Waals surface area (Å²) >= 11 is 6.34. The molecule has 8 heteroatoms. The summed E-state index contributed by atoms with van der Waals surface area (Å²) in [6.07, 6.45) is 1.21. The van der Waals surface area contributed by atoms with E-state index in [-0.39, 0.29) is 13.0 Å². The molecule has 1 aromatic carbocycles. The molecule has 36 heavy (non-hydrogen) atoms. The molecule has 0 fully saturated rings. The van der Waals surface area contributed by atoms with Crippen molar-refractivity contribution in [3.05, 3.63) is 75.6 Å². The molecule has 188 valence electrons. The Kier molecular flexibility index (Phi) is 6.80. The molecule has 0 saturated carbocycles. The molecule has 0 aliphatic heterocycles. The maximum absolute atomic E-state index is 14.5. The standard InChI is InChI=1S/C28H29ClFN3O3/c1-15-17(3)33(14-18-8-7-11-31-26(18)30)27-24(15)25(21(13-23(34)35)16(2)32-27)20-10-9-19(29)12-22(20)36-28(4,5)6/h7-12H,13-14H2,1-6H3,(H,34,35). The van der Waals surface area contributed by atoms with Gasteiger partial charge in [0, 0.05) is 44.7 Å². The van der Waals surface area contributed by atoms with Crippen molar-refractivity contribution in [2.45, 2.75) is 60.1 Å². The highest BCUT2D eigenvalue weighted by molar-refractivity contribution is 6.30. The van der Waals surface area contributed by atoms with Crippen molar-refractivity contribution in [1.82, 2.24) is 14.5 Å². The molecule has 0 saturated heterocycles. The van der Waals surface area contributed by atoms with Crippen LogP contribution in [0.4, 0.5) is 4.39 Å². The summed E-state index contributed by atoms with van der Waals surface area (Å²) < 4.78 is 22.7. The van der Waals surface area contributed by atoms with Gasteiger partial charge in [0.25, 0.3) is 0 Å². The summed E-state index contributed by atoms with van der Waals surface area (Å²) in [4.78, 5) is 20.5. The molecule has 3 heterocycles. The number of aliphatic carboxylic acids is 1. The number of hydrogen-bond acceptors (Lipinski definition) is 4. The summed E-state index contributed by atoms with van der Waals surface area (Å²) in [5.74, 6) is -0.940. The van der Waals surface area contributed by atoms with E-state index in [0.29, 0.717) is 33.2 Å². The normalized spacial score (nSPS) is 11.8. The van der Waals surface area contributed by atoms with Crippen LogP contribution >= 0.6 is 11.6 Å². The molecule has 0 bridgehead atoms. The van der Waals surface area contributed by atoms with Gasteiger partial charge >= 0.3 is 5.97 Å². The molecule has 1 N–H and O–H groups in total. The molecule has 0 aliphatic rings. The fourth-order valence-electron chi connectivity index (χ4n) is 4.50. The quantitative estimate of drug-likeness (QED) is 0.294. The molecule has 3 aromatic heterocycles. The van der Waals surface area contributed by atoms with Crippen LogP contribution in [0.1, 0.15) is 48.8 Å². The van der Waals surface area contributed by atoms with Crippen LogP contribution in [0.25, 0.3) is 22.2 Å². The molecule has 0 radical (unpaired) electrons. The summed E-state index contributed by atoms with van der Waals surface area (Å²) in [7, 11) is 0. The molecule has 0 spiro atoms. The topological polar surface area (TPSA) is 77.2 Å². The number of fused-ring (bicyclic) bond motifs is 1. The molecular formula is C28H29ClFN3O3. The van der Waals surface area contributed by atoms with Crippen molar-refractivity contribution in [3.8, 4) is 16.9 Å². The van der Waals surface area contributed by atoms with Gasteiger partial charge in [-0.15, -0.1) is 0 Å². The lowest BCUT2D eigenvalue weighted by molar-refractivity contribution is -0.136. The fraction of sp³-hybridized carbons (Fsp3) is 0.321. The third kappa shape index (κ3) is 4.93. The Labute approximate surface area is 214 Å². The first-order chi connectivity index (χ1) is 16.9. The number of carboxylic acids is 1. The number of benzene rings is 1. The highest BCUT2D eigenvalue weighted by Crippen LogP contribution is 2.43. The van der Waals surface area contributed by atoms with Gasteiger partial charge in [-0.05, 0) is 76.9 Å². The second kappa shape index (κ2) is 9.54. The number of ether oxygens (including phenoxy) is 1. The SMILES string of the molecule is Cc1nc2c(c(C)c(C)n2Cc2cccnc2F)c(-c2ccc(Cl)cc2OC(C)(C)C)c1CC(=O)O. The number of carboxylic acid groups (broad SMARTS) is 1. The van der Waals surface area contributed by atoms with E-state index in [1.807, 2.05) is 45.3 Å². The minimum absolute atomic E-state index is 0.206. The molecule has 0 atom stereocenters. The largest absolute Gasteiger partial charge is 0.487 e. The van der Waals surface area contributed by atoms with Crippen LogP contribution in [-0.2, 0) is 17.8 Å². The fourth-order valence-corrected chi connectivity index (χ4v) is 4.66. The van der Waals surface area contributed by atoms with E-state index in [1.165, 1.54) is 6.20 Å². The Hall–Kier alpha value is -3.45. The molecular weight excluding hydrogens is 481 g/mol. The second-order valence-electron chi connectivity index (χ2n) is 9.92. The van der Waals surface area contributed by atoms with Crippen LogP contribution in [-0.4, -0.2) is 31.2 Å². The zero-order valence-corrected chi connectivity index (χ0v) is 22.0. The third-order valence-corrected chi connectivity index (χ3v) is 6.42. The van der Waals surface area contributed by atoms with E-state index in [9.17, 15) is 14.3 Å². The van der Waals surface area contributed by atoms with Crippen LogP contribution < -0.4 is 4.74 Å². The minimum Gasteiger partial charge on any atom is -0.487 e. The zero-order chi connectivity index (χ0) is 26.4. The van der Waals surface area contributed by atoms with E-state index in [0.717, 1.165) is 27.8 Å². The lowest BCUT2D eigenvalue weighted by atomic mass is 9.92. The Balaban J connectivity index is 2.09. The van der Waals surface area contributed by atoms with Gasteiger partial charge in [-0.1, -0.05) is 17.7 Å². The lowest BCUT2D eigenvalue weighted by Gasteiger charge is -2.25. The minimum atomic E-state index is -0.959. The summed E-state index contributed by atoms with van der Waals surface area (Å²) in [6, 6.07) is 8.77. The number of nitrogens with zero attached hydrogens (tertiary/aromatic N) is 3. The summed E-state index contributed by atoms with van der Waals surface area (Å²) in [5, 5.41) is 11.1. The molecule has 0 aliphatic carbocycles. The number of carbonyl (C=O) groups is 1. The maximum atomic E-state index is 14.5. The average molecular weight is 510 g/mol. The summed E-state index contributed by atoms with van der Waals surface area (Å²) in [6.45, 7) is 11.8. The van der Waals surface area contributed by atoms with Crippen LogP contribution in [0.2, 0.25) is 5.02 Å². The first kappa shape index (κ1) is 25.6. The Bertz CT molecular complexity index is 1490. The molecule has 6 nitrogen and oxygen atoms in total. The van der Waals surface area contributed by atoms with Gasteiger partial charge in [0.1, 0.15) is 17.0 Å². The van der Waals surface area contributed by atoms with Crippen molar-refractivity contribution >= 4 is 28.6 Å². The highest BCUT2D eigenvalue weighted by atomic mass is 35.5. The zero-order valence-electron chi connectivity index (χ0n) is 21.2. The van der Waals surface area contributed by atoms with E-state index >= 15 is 0 Å². The van der Waals surface area contributed by atoms with Crippen molar-refractivity contribution < 1.29 is 19.0 Å². The number of rotatable bonds is 6. The lowest BCUT2D eigenvalue weighted by Crippen LogP contribution is -2.23. The summed E-state index contributed by atoms with van der Waals surface area (Å²) in [5.41, 5.74) is 5.06. The van der Waals surface area contributed by atoms with Gasteiger partial charge in [0.05, 0.1) is 13.0 Å². The average Bonchev–Trinajstić information content (AvgIpc) is 2.99. The van der Waals surface area contributed by atoms with E-state index in [4.69, 9.17) is 21.3 Å². The first-order valence-electron chi connectivity index (χ1n) is 11.7. The molecule has 4 rings (SSSR count). The monoisotopic (exact) mass is 509 g/mol. The van der Waals surface area contributed by atoms with Gasteiger partial charge in [0.15, 0.2) is 0 Å². The number of aryl methyl sites for hydroxylation is 2. The van der Waals surface area contributed by atoms with Gasteiger partial charge in [-0.3, -0.25) is 4.79 Å². The predicted octanol–water partition coefficient (Wildman–Crippen LogP) is 6.67. The van der Waals surface area contributed by atoms with E-state index in [2.05, 4.69) is 4.98 Å². The van der Waals surface area contributed by atoms with Gasteiger partial charge in [-0.25, -0.2) is 9.97 Å². The van der Waals surface area contributed by atoms with Gasteiger partial charge in [0.2, 0.25) is 5.95 Å². The van der Waals surface area contributed by atoms with E-state index < -0.39 is 17.5 Å². The van der Waals surface area contributed by atoms with Gasteiger partial charge in [-0.2, -0.15) is 4.39 Å². The van der Waals surface area contributed by atoms with Crippen LogP contribution in [0.3, 0.4) is 0 Å². The molecule has 0 unspecified atom stereocenters. The smallest absolute Gasteiger partial charge is 0.307 e. The van der Waals surface area contributed by atoms with Crippen molar-refractivity contribution in [3.63, 3.8) is 0 Å². The van der Waals surface area contributed by atoms with Crippen LogP contribution in [0.15, 0.2) is 36.5 Å². The second-order valence-corrected chi connectivity index (χ2v) is 10.4. The first-order valence-corrected chi connectivity index (χ1v) is 12.0. The number of halogens is 2. The predicted molar refractivity (Wildman–Crippen MR) is 139 cm³/mol. The van der Waals surface area contributed by atoms with E-state index in [1.54, 1.807) is 31.2 Å². The Morgan fingerprint density at radius 3 is 2.56 bits per heavy atom. The van der Waals surface area contributed by atoms with Crippen LogP contribution in [0.5, 0.6) is 5.75 Å². The number of hydrogen-bond donors (Lipinski definition) is 1. The Morgan fingerprint density at radius 2 is 1.92 bits per heavy atom. The van der Waals surface area contributed by atoms with Crippen molar-refractivity contribution in [1.29, 1.82) is 0 Å². The van der Waals surface area contributed by atoms with Crippen molar-refractivity contribution in [2.75, 3.05) is 0 Å². The van der Waals surface area contributed by atoms with Gasteiger partial charge < -0.3 is 14.4 Å². The number of aromatic nitrogens is 3. The maximum Gasteiger partial charge on any atom is 0.307 e. The highest BCUT2D eigenvalue weighted by Gasteiger charge is 2.26.